The van der Waals surface area contributed by atoms with Gasteiger partial charge in [-0.05, 0) is 30.7 Å². The first-order valence-electron chi connectivity index (χ1n) is 8.38. The fraction of sp³-hybridized carbons (Fsp3) is 0.211. The van der Waals surface area contributed by atoms with Gasteiger partial charge in [-0.25, -0.2) is 4.98 Å². The number of anilines is 2. The fourth-order valence-electron chi connectivity index (χ4n) is 2.98. The molecule has 0 spiro atoms. The van der Waals surface area contributed by atoms with Crippen LogP contribution in [-0.4, -0.2) is 23.3 Å². The molecule has 0 saturated carbocycles. The molecule has 0 bridgehead atoms. The average molecular weight is 367 g/mol. The maximum Gasteiger partial charge on any atom is 0.230 e. The van der Waals surface area contributed by atoms with E-state index in [-0.39, 0.29) is 18.2 Å². The molecule has 1 saturated heterocycles. The number of nitrogens with zero attached hydrogens (tertiary/aromatic N) is 2. The van der Waals surface area contributed by atoms with E-state index in [0.717, 1.165) is 17.1 Å². The Kier molecular flexibility index (Phi) is 4.53. The molecule has 1 N–H and O–H groups in total. The number of aromatic nitrogens is 1. The Balaban J connectivity index is 1.46. The van der Waals surface area contributed by atoms with Crippen LogP contribution < -0.4 is 10.2 Å². The largest absolute Gasteiger partial charge is 0.462 e. The summed E-state index contributed by atoms with van der Waals surface area (Å²) in [5, 5.41) is 5.51. The number of carbonyl (C=O) groups excluding carboxylic acids is 2. The zero-order chi connectivity index (χ0) is 17.9. The Morgan fingerprint density at radius 2 is 2.15 bits per heavy atom. The van der Waals surface area contributed by atoms with Crippen molar-refractivity contribution in [3.8, 4) is 10.8 Å². The van der Waals surface area contributed by atoms with Gasteiger partial charge >= 0.3 is 0 Å². The molecule has 3 heterocycles. The number of nitrogens with one attached hydrogen (secondary N) is 1. The maximum atomic E-state index is 12.5. The molecular weight excluding hydrogens is 350 g/mol. The lowest BCUT2D eigenvalue weighted by Crippen LogP contribution is -2.26. The van der Waals surface area contributed by atoms with E-state index in [9.17, 15) is 9.59 Å². The van der Waals surface area contributed by atoms with Crippen molar-refractivity contribution in [1.29, 1.82) is 0 Å². The quantitative estimate of drug-likeness (QED) is 0.746. The van der Waals surface area contributed by atoms with E-state index in [1.807, 2.05) is 35.7 Å². The molecule has 4 rings (SSSR count). The topological polar surface area (TPSA) is 75.4 Å². The number of thiazole rings is 1. The molecular formula is C19H17N3O3S. The minimum atomic E-state index is -0.166. The summed E-state index contributed by atoms with van der Waals surface area (Å²) in [6, 6.07) is 11.0. The molecule has 7 heteroatoms. The van der Waals surface area contributed by atoms with E-state index in [1.54, 1.807) is 17.2 Å². The number of benzene rings is 1. The maximum absolute atomic E-state index is 12.5. The molecule has 6 nitrogen and oxygen atoms in total. The van der Waals surface area contributed by atoms with Crippen LogP contribution in [0.15, 0.2) is 52.5 Å². The first-order valence-corrected chi connectivity index (χ1v) is 9.26. The predicted octanol–water partition coefficient (Wildman–Crippen LogP) is 3.71. The highest BCUT2D eigenvalue weighted by atomic mass is 32.1. The third-order valence-electron chi connectivity index (χ3n) is 4.17. The van der Waals surface area contributed by atoms with Gasteiger partial charge in [-0.3, -0.25) is 9.59 Å². The van der Waals surface area contributed by atoms with Crippen molar-refractivity contribution in [1.82, 2.24) is 4.98 Å². The molecule has 26 heavy (non-hydrogen) atoms. The minimum absolute atomic E-state index is 0.0919. The van der Waals surface area contributed by atoms with Gasteiger partial charge in [0.25, 0.3) is 0 Å². The molecule has 1 aliphatic heterocycles. The molecule has 2 amide bonds. The molecule has 1 fully saturated rings. The normalized spacial score (nSPS) is 14.0. The van der Waals surface area contributed by atoms with Crippen molar-refractivity contribution in [2.75, 3.05) is 16.8 Å². The second-order valence-electron chi connectivity index (χ2n) is 6.01. The van der Waals surface area contributed by atoms with E-state index < -0.39 is 0 Å². The molecule has 0 radical (unpaired) electrons. The Bertz CT molecular complexity index is 933. The smallest absolute Gasteiger partial charge is 0.230 e. The number of rotatable bonds is 5. The van der Waals surface area contributed by atoms with Crippen LogP contribution in [0.4, 0.5) is 11.4 Å². The Hall–Kier alpha value is -2.93. The van der Waals surface area contributed by atoms with Crippen molar-refractivity contribution in [3.63, 3.8) is 0 Å². The third kappa shape index (κ3) is 3.39. The minimum Gasteiger partial charge on any atom is -0.462 e. The summed E-state index contributed by atoms with van der Waals surface area (Å²) in [6.07, 6.45) is 3.16. The lowest BCUT2D eigenvalue weighted by Gasteiger charge is -2.19. The number of furan rings is 1. The first kappa shape index (κ1) is 16.5. The number of hydrogen-bond donors (Lipinski definition) is 1. The molecule has 1 aliphatic rings. The van der Waals surface area contributed by atoms with Gasteiger partial charge in [-0.2, -0.15) is 0 Å². The Labute approximate surface area is 154 Å². The zero-order valence-electron chi connectivity index (χ0n) is 14.0. The third-order valence-corrected chi connectivity index (χ3v) is 5.07. The van der Waals surface area contributed by atoms with Gasteiger partial charge in [-0.15, -0.1) is 11.3 Å². The summed E-state index contributed by atoms with van der Waals surface area (Å²) < 4.78 is 5.33. The van der Waals surface area contributed by atoms with Crippen molar-refractivity contribution >= 4 is 34.5 Å². The van der Waals surface area contributed by atoms with Crippen LogP contribution in [0.2, 0.25) is 0 Å². The van der Waals surface area contributed by atoms with Gasteiger partial charge in [-0.1, -0.05) is 12.1 Å². The lowest BCUT2D eigenvalue weighted by molar-refractivity contribution is -0.117. The van der Waals surface area contributed by atoms with Crippen molar-refractivity contribution in [2.45, 2.75) is 19.3 Å². The van der Waals surface area contributed by atoms with E-state index in [4.69, 9.17) is 4.42 Å². The predicted molar refractivity (Wildman–Crippen MR) is 100 cm³/mol. The molecule has 0 aliphatic carbocycles. The number of amides is 2. The number of carbonyl (C=O) groups is 2. The van der Waals surface area contributed by atoms with Crippen molar-refractivity contribution in [3.05, 3.63) is 53.7 Å². The summed E-state index contributed by atoms with van der Waals surface area (Å²) in [5.74, 6) is 0.620. The lowest BCUT2D eigenvalue weighted by atomic mass is 10.2. The first-order chi connectivity index (χ1) is 12.7. The second-order valence-corrected chi connectivity index (χ2v) is 6.87. The van der Waals surface area contributed by atoms with Gasteiger partial charge in [0, 0.05) is 18.3 Å². The Morgan fingerprint density at radius 1 is 1.27 bits per heavy atom. The highest BCUT2D eigenvalue weighted by Crippen LogP contribution is 2.29. The standard InChI is InChI=1S/C19H17N3O3S/c23-17(11-13-12-26-19(20-13)16-7-4-10-25-16)21-14-5-1-2-6-15(14)22-9-3-8-18(22)24/h1-2,4-7,10,12H,3,8-9,11H2,(H,21,23). The summed E-state index contributed by atoms with van der Waals surface area (Å²) in [4.78, 5) is 30.6. The monoisotopic (exact) mass is 367 g/mol. The van der Waals surface area contributed by atoms with E-state index in [1.165, 1.54) is 11.3 Å². The van der Waals surface area contributed by atoms with Crippen LogP contribution in [-0.2, 0) is 16.0 Å². The van der Waals surface area contributed by atoms with Gasteiger partial charge in [0.05, 0.1) is 29.8 Å². The SMILES string of the molecule is O=C(Cc1csc(-c2ccco2)n1)Nc1ccccc1N1CCCC1=O. The second kappa shape index (κ2) is 7.13. The van der Waals surface area contributed by atoms with Crippen LogP contribution in [0, 0.1) is 0 Å². The van der Waals surface area contributed by atoms with Crippen LogP contribution in [0.5, 0.6) is 0 Å². The average Bonchev–Trinajstić information content (AvgIpc) is 3.36. The van der Waals surface area contributed by atoms with E-state index in [0.29, 0.717) is 30.1 Å². The van der Waals surface area contributed by atoms with Crippen molar-refractivity contribution in [2.24, 2.45) is 0 Å². The molecule has 0 unspecified atom stereocenters. The van der Waals surface area contributed by atoms with Gasteiger partial charge in [0.15, 0.2) is 10.8 Å². The van der Waals surface area contributed by atoms with Gasteiger partial charge in [0.1, 0.15) is 0 Å². The van der Waals surface area contributed by atoms with Gasteiger partial charge in [0.2, 0.25) is 11.8 Å². The summed E-state index contributed by atoms with van der Waals surface area (Å²) in [6.45, 7) is 0.685. The number of hydrogen-bond acceptors (Lipinski definition) is 5. The molecule has 3 aromatic rings. The molecule has 132 valence electrons. The Morgan fingerprint density at radius 3 is 2.92 bits per heavy atom. The van der Waals surface area contributed by atoms with Gasteiger partial charge < -0.3 is 14.6 Å². The molecule has 0 atom stereocenters. The van der Waals surface area contributed by atoms with Crippen molar-refractivity contribution < 1.29 is 14.0 Å². The van der Waals surface area contributed by atoms with E-state index in [2.05, 4.69) is 10.3 Å². The molecule has 2 aromatic heterocycles. The van der Waals surface area contributed by atoms with E-state index >= 15 is 0 Å². The summed E-state index contributed by atoms with van der Waals surface area (Å²) in [5.41, 5.74) is 2.08. The van der Waals surface area contributed by atoms with Crippen LogP contribution in [0.25, 0.3) is 10.8 Å². The van der Waals surface area contributed by atoms with Crippen LogP contribution >= 0.6 is 11.3 Å². The van der Waals surface area contributed by atoms with Crippen LogP contribution in [0.3, 0.4) is 0 Å². The highest BCUT2D eigenvalue weighted by Gasteiger charge is 2.24. The van der Waals surface area contributed by atoms with Crippen LogP contribution in [0.1, 0.15) is 18.5 Å². The zero-order valence-corrected chi connectivity index (χ0v) is 14.8. The fourth-order valence-corrected chi connectivity index (χ4v) is 3.76. The number of para-hydroxylation sites is 2. The summed E-state index contributed by atoms with van der Waals surface area (Å²) in [7, 11) is 0. The molecule has 1 aromatic carbocycles. The highest BCUT2D eigenvalue weighted by molar-refractivity contribution is 7.13. The summed E-state index contributed by atoms with van der Waals surface area (Å²) >= 11 is 1.44.